The Morgan fingerprint density at radius 3 is 2.54 bits per heavy atom. The third kappa shape index (κ3) is 3.72. The second-order valence-electron chi connectivity index (χ2n) is 4.83. The number of nitrogens with zero attached hydrogens (tertiary/aromatic N) is 3. The van der Waals surface area contributed by atoms with Crippen molar-refractivity contribution < 1.29 is 22.4 Å². The van der Waals surface area contributed by atoms with Crippen LogP contribution in [0.15, 0.2) is 32.9 Å². The highest BCUT2D eigenvalue weighted by Crippen LogP contribution is 2.27. The molecular weight excluding hydrogens is 384 g/mol. The minimum Gasteiger partial charge on any atom is -0.396 e. The molecule has 0 aliphatic rings. The second kappa shape index (κ2) is 7.20. The molecule has 0 saturated carbocycles. The van der Waals surface area contributed by atoms with Crippen LogP contribution < -0.4 is 17.1 Å². The third-order valence-electron chi connectivity index (χ3n) is 3.13. The van der Waals surface area contributed by atoms with Crippen molar-refractivity contribution in [3.63, 3.8) is 0 Å². The van der Waals surface area contributed by atoms with Gasteiger partial charge in [-0.25, -0.2) is 18.4 Å². The highest BCUT2D eigenvalue weighted by molar-refractivity contribution is 6.33. The van der Waals surface area contributed by atoms with Crippen LogP contribution in [0, 0.1) is 5.82 Å². The van der Waals surface area contributed by atoms with E-state index in [9.17, 15) is 27.2 Å². The zero-order valence-electron chi connectivity index (χ0n) is 13.1. The molecule has 2 aromatic rings. The first-order valence-corrected chi connectivity index (χ1v) is 7.31. The molecule has 12 heteroatoms. The van der Waals surface area contributed by atoms with Gasteiger partial charge in [0.15, 0.2) is 5.69 Å². The number of aromatic nitrogens is 2. The molecule has 2 N–H and O–H groups in total. The molecule has 0 radical (unpaired) electrons. The summed E-state index contributed by atoms with van der Waals surface area (Å²) in [6, 6.07) is 1.81. The third-order valence-corrected chi connectivity index (χ3v) is 3.46. The molecule has 0 unspecified atom stereocenters. The van der Waals surface area contributed by atoms with Crippen molar-refractivity contribution in [2.75, 3.05) is 12.4 Å². The molecule has 2 rings (SSSR count). The number of hydrogen-bond acceptors (Lipinski definition) is 5. The first-order valence-electron chi connectivity index (χ1n) is 6.94. The minimum absolute atomic E-state index is 0.0614. The molecule has 0 atom stereocenters. The van der Waals surface area contributed by atoms with Crippen LogP contribution in [0.5, 0.6) is 0 Å². The van der Waals surface area contributed by atoms with Crippen LogP contribution >= 0.6 is 11.6 Å². The van der Waals surface area contributed by atoms with Crippen LogP contribution in [0.3, 0.4) is 0 Å². The summed E-state index contributed by atoms with van der Waals surface area (Å²) in [5.74, 6) is 4.00. The SMILES string of the molecule is CCON=Cc1cc(-n2c(=O)cc(C(F)(F)F)n(N)c2=O)c(F)cc1Cl. The van der Waals surface area contributed by atoms with E-state index in [2.05, 4.69) is 5.16 Å². The van der Waals surface area contributed by atoms with Crippen molar-refractivity contribution in [1.29, 1.82) is 0 Å². The average molecular weight is 395 g/mol. The van der Waals surface area contributed by atoms with E-state index < -0.39 is 34.6 Å². The lowest BCUT2D eigenvalue weighted by molar-refractivity contribution is -0.143. The summed E-state index contributed by atoms with van der Waals surface area (Å²) in [7, 11) is 0. The zero-order valence-corrected chi connectivity index (χ0v) is 13.8. The van der Waals surface area contributed by atoms with Gasteiger partial charge in [-0.3, -0.25) is 4.79 Å². The fraction of sp³-hybridized carbons (Fsp3) is 0.214. The van der Waals surface area contributed by atoms with Gasteiger partial charge in [-0.1, -0.05) is 16.8 Å². The van der Waals surface area contributed by atoms with Gasteiger partial charge in [-0.15, -0.1) is 0 Å². The normalized spacial score (nSPS) is 11.9. The Morgan fingerprint density at radius 1 is 1.31 bits per heavy atom. The molecule has 26 heavy (non-hydrogen) atoms. The first kappa shape index (κ1) is 19.5. The number of rotatable bonds is 4. The topological polar surface area (TPSA) is 91.6 Å². The Hall–Kier alpha value is -2.82. The molecule has 0 bridgehead atoms. The van der Waals surface area contributed by atoms with Crippen LogP contribution in [-0.4, -0.2) is 22.1 Å². The second-order valence-corrected chi connectivity index (χ2v) is 5.24. The maximum Gasteiger partial charge on any atom is 0.433 e. The van der Waals surface area contributed by atoms with E-state index in [1.54, 1.807) is 6.92 Å². The maximum atomic E-state index is 14.2. The van der Waals surface area contributed by atoms with E-state index in [0.717, 1.165) is 18.3 Å². The maximum absolute atomic E-state index is 14.2. The zero-order chi connectivity index (χ0) is 19.6. The molecule has 140 valence electrons. The van der Waals surface area contributed by atoms with Gasteiger partial charge in [0, 0.05) is 11.6 Å². The van der Waals surface area contributed by atoms with E-state index in [1.165, 1.54) is 0 Å². The molecule has 0 aliphatic heterocycles. The van der Waals surface area contributed by atoms with Crippen molar-refractivity contribution in [3.8, 4) is 5.69 Å². The summed E-state index contributed by atoms with van der Waals surface area (Å²) in [4.78, 5) is 28.8. The van der Waals surface area contributed by atoms with Gasteiger partial charge < -0.3 is 10.7 Å². The van der Waals surface area contributed by atoms with Gasteiger partial charge in [0.05, 0.1) is 16.9 Å². The van der Waals surface area contributed by atoms with Gasteiger partial charge in [0.25, 0.3) is 5.56 Å². The fourth-order valence-corrected chi connectivity index (χ4v) is 2.19. The van der Waals surface area contributed by atoms with Crippen molar-refractivity contribution in [2.24, 2.45) is 5.16 Å². The predicted molar refractivity (Wildman–Crippen MR) is 85.6 cm³/mol. The van der Waals surface area contributed by atoms with Gasteiger partial charge in [-0.2, -0.15) is 13.2 Å². The Morgan fingerprint density at radius 2 is 1.96 bits per heavy atom. The lowest BCUT2D eigenvalue weighted by Crippen LogP contribution is -2.45. The van der Waals surface area contributed by atoms with Gasteiger partial charge in [-0.05, 0) is 19.1 Å². The van der Waals surface area contributed by atoms with Crippen molar-refractivity contribution >= 4 is 17.8 Å². The van der Waals surface area contributed by atoms with Crippen LogP contribution in [0.1, 0.15) is 18.2 Å². The molecule has 0 saturated heterocycles. The summed E-state index contributed by atoms with van der Waals surface area (Å²) in [6.45, 7) is 1.89. The number of oxime groups is 1. The molecule has 0 fully saturated rings. The molecule has 1 aromatic carbocycles. The summed E-state index contributed by atoms with van der Waals surface area (Å²) < 4.78 is 52.5. The Balaban J connectivity index is 2.73. The van der Waals surface area contributed by atoms with Gasteiger partial charge in [0.2, 0.25) is 0 Å². The van der Waals surface area contributed by atoms with E-state index in [1.807, 2.05) is 0 Å². The number of hydrogen-bond donors (Lipinski definition) is 1. The van der Waals surface area contributed by atoms with Crippen LogP contribution in [-0.2, 0) is 11.0 Å². The number of benzene rings is 1. The summed E-state index contributed by atoms with van der Waals surface area (Å²) in [5, 5.41) is 3.40. The van der Waals surface area contributed by atoms with E-state index in [0.29, 0.717) is 0 Å². The molecule has 1 aromatic heterocycles. The van der Waals surface area contributed by atoms with Crippen LogP contribution in [0.25, 0.3) is 5.69 Å². The lowest BCUT2D eigenvalue weighted by Gasteiger charge is -2.14. The molecule has 0 spiro atoms. The predicted octanol–water partition coefficient (Wildman–Crippen LogP) is 1.89. The van der Waals surface area contributed by atoms with Gasteiger partial charge in [0.1, 0.15) is 12.4 Å². The first-order chi connectivity index (χ1) is 12.1. The summed E-state index contributed by atoms with van der Waals surface area (Å²) >= 11 is 5.83. The number of alkyl halides is 3. The van der Waals surface area contributed by atoms with E-state index in [-0.39, 0.29) is 32.5 Å². The van der Waals surface area contributed by atoms with Crippen molar-refractivity contribution in [2.45, 2.75) is 13.1 Å². The molecule has 0 aliphatic carbocycles. The highest BCUT2D eigenvalue weighted by Gasteiger charge is 2.36. The molecular formula is C14H11ClF4N4O3. The minimum atomic E-state index is -5.04. The fourth-order valence-electron chi connectivity index (χ4n) is 1.99. The monoisotopic (exact) mass is 394 g/mol. The van der Waals surface area contributed by atoms with Gasteiger partial charge >= 0.3 is 11.9 Å². The Labute approximate surface area is 147 Å². The smallest absolute Gasteiger partial charge is 0.396 e. The molecule has 1 heterocycles. The van der Waals surface area contributed by atoms with Crippen LogP contribution in [0.4, 0.5) is 17.6 Å². The highest BCUT2D eigenvalue weighted by atomic mass is 35.5. The number of nitrogen functional groups attached to an aromatic ring is 1. The van der Waals surface area contributed by atoms with E-state index >= 15 is 0 Å². The standard InChI is InChI=1S/C14H11ClF4N4O3/c1-2-26-21-6-7-3-10(9(16)4-8(7)15)22-12(24)5-11(14(17,18)19)23(20)13(22)25/h3-6H,2,20H2,1H3. The molecule has 7 nitrogen and oxygen atoms in total. The summed E-state index contributed by atoms with van der Waals surface area (Å²) in [6.07, 6.45) is -3.95. The lowest BCUT2D eigenvalue weighted by atomic mass is 10.2. The van der Waals surface area contributed by atoms with Crippen molar-refractivity contribution in [1.82, 2.24) is 9.24 Å². The Kier molecular flexibility index (Phi) is 5.40. The average Bonchev–Trinajstić information content (AvgIpc) is 2.53. The number of halogens is 5. The molecule has 0 amide bonds. The van der Waals surface area contributed by atoms with E-state index in [4.69, 9.17) is 22.3 Å². The number of nitrogens with two attached hydrogens (primary N) is 1. The Bertz CT molecular complexity index is 982. The largest absolute Gasteiger partial charge is 0.433 e. The van der Waals surface area contributed by atoms with Crippen molar-refractivity contribution in [3.05, 3.63) is 61.1 Å². The quantitative estimate of drug-likeness (QED) is 0.371. The summed E-state index contributed by atoms with van der Waals surface area (Å²) in [5.41, 5.74) is -5.26. The van der Waals surface area contributed by atoms with Crippen LogP contribution in [0.2, 0.25) is 5.02 Å².